The maximum Gasteiger partial charge on any atom is 0.322 e. The van der Waals surface area contributed by atoms with Crippen molar-refractivity contribution in [3.8, 4) is 5.75 Å². The van der Waals surface area contributed by atoms with E-state index in [0.29, 0.717) is 12.2 Å². The van der Waals surface area contributed by atoms with Crippen LogP contribution in [0.4, 0.5) is 16.3 Å². The molecular formula is C29H34N6O3S. The van der Waals surface area contributed by atoms with Crippen molar-refractivity contribution in [3.05, 3.63) is 63.7 Å². The second-order valence-corrected chi connectivity index (χ2v) is 11.5. The van der Waals surface area contributed by atoms with Gasteiger partial charge in [-0.1, -0.05) is 0 Å². The number of rotatable bonds is 5. The van der Waals surface area contributed by atoms with Crippen LogP contribution in [0.3, 0.4) is 0 Å². The number of urea groups is 1. The van der Waals surface area contributed by atoms with E-state index in [0.717, 1.165) is 80.9 Å². The Kier molecular flexibility index (Phi) is 7.36. The summed E-state index contributed by atoms with van der Waals surface area (Å²) in [5, 5.41) is 8.44. The van der Waals surface area contributed by atoms with Gasteiger partial charge in [-0.25, -0.2) is 14.8 Å². The first-order chi connectivity index (χ1) is 19.1. The Bertz CT molecular complexity index is 1330. The molecule has 4 heterocycles. The van der Waals surface area contributed by atoms with E-state index in [9.17, 15) is 9.59 Å². The molecule has 0 saturated carbocycles. The number of anilines is 2. The average Bonchev–Trinajstić information content (AvgIpc) is 3.25. The predicted octanol–water partition coefficient (Wildman–Crippen LogP) is 4.28. The summed E-state index contributed by atoms with van der Waals surface area (Å²) in [5.74, 6) is 1.42. The zero-order valence-electron chi connectivity index (χ0n) is 22.2. The number of hydrogen-bond acceptors (Lipinski definition) is 7. The highest BCUT2D eigenvalue weighted by Crippen LogP contribution is 2.29. The van der Waals surface area contributed by atoms with Crippen molar-refractivity contribution in [2.24, 2.45) is 0 Å². The van der Waals surface area contributed by atoms with Gasteiger partial charge in [0.05, 0.1) is 7.11 Å². The molecule has 10 heteroatoms. The van der Waals surface area contributed by atoms with Gasteiger partial charge < -0.3 is 25.2 Å². The van der Waals surface area contributed by atoms with Gasteiger partial charge in [0, 0.05) is 48.3 Å². The van der Waals surface area contributed by atoms with E-state index in [1.807, 2.05) is 34.4 Å². The van der Waals surface area contributed by atoms with Crippen LogP contribution in [0.1, 0.15) is 52.2 Å². The number of fused-ring (bicyclic) bond motifs is 2. The Morgan fingerprint density at radius 2 is 1.87 bits per heavy atom. The molecule has 1 fully saturated rings. The number of ether oxygens (including phenoxy) is 1. The molecule has 2 aliphatic heterocycles. The van der Waals surface area contributed by atoms with Crippen LogP contribution in [0, 0.1) is 0 Å². The summed E-state index contributed by atoms with van der Waals surface area (Å²) >= 11 is 1.81. The molecule has 1 aliphatic carbocycles. The van der Waals surface area contributed by atoms with Crippen LogP contribution in [0.25, 0.3) is 0 Å². The molecule has 3 amide bonds. The summed E-state index contributed by atoms with van der Waals surface area (Å²) in [7, 11) is 1.65. The maximum absolute atomic E-state index is 13.1. The number of thiophene rings is 1. The fourth-order valence-electron chi connectivity index (χ4n) is 5.95. The number of amides is 3. The van der Waals surface area contributed by atoms with Crippen LogP contribution < -0.4 is 20.3 Å². The van der Waals surface area contributed by atoms with E-state index in [2.05, 4.69) is 36.9 Å². The van der Waals surface area contributed by atoms with Gasteiger partial charge in [-0.2, -0.15) is 0 Å². The van der Waals surface area contributed by atoms with Gasteiger partial charge in [0.1, 0.15) is 23.6 Å². The fraction of sp³-hybridized carbons (Fsp3) is 0.448. The number of nitrogens with zero attached hydrogens (tertiary/aromatic N) is 4. The maximum atomic E-state index is 13.1. The number of aromatic nitrogens is 2. The van der Waals surface area contributed by atoms with Gasteiger partial charge in [-0.15, -0.1) is 11.3 Å². The van der Waals surface area contributed by atoms with Crippen molar-refractivity contribution in [1.29, 1.82) is 0 Å². The van der Waals surface area contributed by atoms with Gasteiger partial charge in [0.25, 0.3) is 5.91 Å². The Labute approximate surface area is 232 Å². The van der Waals surface area contributed by atoms with Crippen LogP contribution >= 0.6 is 11.3 Å². The number of hydrogen-bond donors (Lipinski definition) is 2. The van der Waals surface area contributed by atoms with Crippen molar-refractivity contribution in [3.63, 3.8) is 0 Å². The molecule has 3 aliphatic rings. The Balaban J connectivity index is 1.04. The summed E-state index contributed by atoms with van der Waals surface area (Å²) in [5.41, 5.74) is 3.77. The number of aryl methyl sites for hydroxylation is 2. The molecule has 1 saturated heterocycles. The topological polar surface area (TPSA) is 99.7 Å². The molecule has 39 heavy (non-hydrogen) atoms. The Hall–Kier alpha value is -3.66. The molecule has 2 N–H and O–H groups in total. The monoisotopic (exact) mass is 546 g/mol. The van der Waals surface area contributed by atoms with Crippen LogP contribution in [0.2, 0.25) is 0 Å². The molecule has 1 atom stereocenters. The van der Waals surface area contributed by atoms with Crippen LogP contribution in [0.15, 0.2) is 42.0 Å². The molecule has 0 spiro atoms. The third-order valence-corrected chi connectivity index (χ3v) is 9.23. The molecule has 1 aromatic carbocycles. The smallest absolute Gasteiger partial charge is 0.322 e. The second-order valence-electron chi connectivity index (χ2n) is 10.5. The highest BCUT2D eigenvalue weighted by Gasteiger charge is 2.31. The molecule has 0 radical (unpaired) electrons. The van der Waals surface area contributed by atoms with E-state index in [1.165, 1.54) is 16.8 Å². The summed E-state index contributed by atoms with van der Waals surface area (Å²) in [6.45, 7) is 2.19. The minimum absolute atomic E-state index is 0.0492. The molecule has 3 aromatic rings. The van der Waals surface area contributed by atoms with Gasteiger partial charge in [-0.3, -0.25) is 4.79 Å². The third-order valence-electron chi connectivity index (χ3n) is 8.21. The van der Waals surface area contributed by atoms with Crippen molar-refractivity contribution in [2.45, 2.75) is 57.0 Å². The number of carbonyl (C=O) groups is 2. The zero-order chi connectivity index (χ0) is 26.8. The van der Waals surface area contributed by atoms with E-state index in [1.54, 1.807) is 13.2 Å². The van der Waals surface area contributed by atoms with Crippen molar-refractivity contribution in [1.82, 2.24) is 20.2 Å². The highest BCUT2D eigenvalue weighted by molar-refractivity contribution is 7.10. The van der Waals surface area contributed by atoms with Crippen molar-refractivity contribution < 1.29 is 14.3 Å². The van der Waals surface area contributed by atoms with Gasteiger partial charge in [0.2, 0.25) is 0 Å². The standard InChI is InChI=1S/C29H34N6O3S/c1-38-23-5-6-24-20(16-23)8-14-35(29(37)33-24)22-9-12-34(13-10-22)27-17-25(30-18-31-27)28(36)32-21-3-2-19-11-15-39-26(19)7-4-21/h5-6,11,15-18,21-22H,2-4,7-10,12-14H2,1H3,(H,32,36)(H,33,37). The molecule has 1 unspecified atom stereocenters. The fourth-order valence-corrected chi connectivity index (χ4v) is 6.90. The van der Waals surface area contributed by atoms with Crippen LogP contribution in [-0.2, 0) is 19.3 Å². The lowest BCUT2D eigenvalue weighted by molar-refractivity contribution is 0.0928. The first-order valence-corrected chi connectivity index (χ1v) is 14.6. The van der Waals surface area contributed by atoms with Gasteiger partial charge in [-0.05, 0) is 85.7 Å². The summed E-state index contributed by atoms with van der Waals surface area (Å²) < 4.78 is 5.35. The lowest BCUT2D eigenvalue weighted by Gasteiger charge is -2.38. The molecular weight excluding hydrogens is 512 g/mol. The molecule has 0 bridgehead atoms. The van der Waals surface area contributed by atoms with Crippen LogP contribution in [-0.4, -0.2) is 65.6 Å². The summed E-state index contributed by atoms with van der Waals surface area (Å²) in [4.78, 5) is 40.4. The molecule has 2 aromatic heterocycles. The third kappa shape index (κ3) is 5.56. The summed E-state index contributed by atoms with van der Waals surface area (Å²) in [6, 6.07) is 10.0. The van der Waals surface area contributed by atoms with E-state index >= 15 is 0 Å². The normalized spacial score (nSPS) is 19.8. The number of piperidine rings is 1. The molecule has 204 valence electrons. The van der Waals surface area contributed by atoms with Crippen LogP contribution in [0.5, 0.6) is 5.75 Å². The Morgan fingerprint density at radius 3 is 2.72 bits per heavy atom. The minimum atomic E-state index is -0.138. The lowest BCUT2D eigenvalue weighted by Crippen LogP contribution is -2.49. The predicted molar refractivity (Wildman–Crippen MR) is 152 cm³/mol. The average molecular weight is 547 g/mol. The quantitative estimate of drug-likeness (QED) is 0.464. The zero-order valence-corrected chi connectivity index (χ0v) is 23.0. The SMILES string of the molecule is COc1ccc2c(c1)CCN(C1CCN(c3cc(C(=O)NC4CCc5ccsc5CC4)ncn3)CC1)C(=O)N2. The minimum Gasteiger partial charge on any atom is -0.497 e. The van der Waals surface area contributed by atoms with E-state index < -0.39 is 0 Å². The largest absolute Gasteiger partial charge is 0.497 e. The van der Waals surface area contributed by atoms with Gasteiger partial charge >= 0.3 is 6.03 Å². The second kappa shape index (κ2) is 11.2. The number of carbonyl (C=O) groups excluding carboxylic acids is 2. The first kappa shape index (κ1) is 25.6. The highest BCUT2D eigenvalue weighted by atomic mass is 32.1. The van der Waals surface area contributed by atoms with E-state index in [-0.39, 0.29) is 24.0 Å². The number of nitrogens with one attached hydrogen (secondary N) is 2. The Morgan fingerprint density at radius 1 is 1.03 bits per heavy atom. The van der Waals surface area contributed by atoms with Crippen molar-refractivity contribution >= 4 is 34.8 Å². The molecule has 9 nitrogen and oxygen atoms in total. The number of methoxy groups -OCH3 is 1. The summed E-state index contributed by atoms with van der Waals surface area (Å²) in [6.07, 6.45) is 7.85. The van der Waals surface area contributed by atoms with Crippen molar-refractivity contribution in [2.75, 3.05) is 37.0 Å². The van der Waals surface area contributed by atoms with Gasteiger partial charge in [0.15, 0.2) is 0 Å². The van der Waals surface area contributed by atoms with E-state index in [4.69, 9.17) is 4.74 Å². The molecule has 6 rings (SSSR count). The first-order valence-electron chi connectivity index (χ1n) is 13.7. The number of benzene rings is 1. The lowest BCUT2D eigenvalue weighted by atomic mass is 10.0.